The number of fused-ring (bicyclic) bond motifs is 1. The molecule has 1 aromatic heterocycles. The van der Waals surface area contributed by atoms with E-state index in [9.17, 15) is 14.0 Å². The van der Waals surface area contributed by atoms with E-state index < -0.39 is 29.9 Å². The second-order valence-corrected chi connectivity index (χ2v) is 7.65. The Bertz CT molecular complexity index is 914. The van der Waals surface area contributed by atoms with Crippen molar-refractivity contribution in [2.45, 2.75) is 38.8 Å². The minimum atomic E-state index is -0.788. The third-order valence-corrected chi connectivity index (χ3v) is 5.18. The first-order valence-corrected chi connectivity index (χ1v) is 9.86. The fourth-order valence-electron chi connectivity index (χ4n) is 3.73. The van der Waals surface area contributed by atoms with Crippen LogP contribution in [0, 0.1) is 11.7 Å². The molecule has 0 bridgehead atoms. The Morgan fingerprint density at radius 2 is 2.13 bits per heavy atom. The molecule has 2 amide bonds. The second kappa shape index (κ2) is 9.15. The van der Waals surface area contributed by atoms with Crippen molar-refractivity contribution >= 4 is 12.0 Å². The Kier molecular flexibility index (Phi) is 6.59. The van der Waals surface area contributed by atoms with Gasteiger partial charge in [-0.1, -0.05) is 13.8 Å². The Balaban J connectivity index is 1.94. The number of aromatic nitrogens is 2. The van der Waals surface area contributed by atoms with Crippen LogP contribution in [-0.4, -0.2) is 53.7 Å². The predicted octanol–water partition coefficient (Wildman–Crippen LogP) is 2.80. The molecule has 1 aliphatic heterocycles. The molecule has 1 aromatic carbocycles. The maximum absolute atomic E-state index is 14.9. The van der Waals surface area contributed by atoms with Crippen LogP contribution in [-0.2, 0) is 16.0 Å². The maximum atomic E-state index is 14.9. The van der Waals surface area contributed by atoms with Crippen LogP contribution in [0.4, 0.5) is 9.18 Å². The number of esters is 1. The normalized spacial score (nSPS) is 16.7. The topological polar surface area (TPSA) is 96.6 Å². The first-order chi connectivity index (χ1) is 14.3. The summed E-state index contributed by atoms with van der Waals surface area (Å²) >= 11 is 0. The number of imidazole rings is 1. The fourth-order valence-corrected chi connectivity index (χ4v) is 3.73. The average Bonchev–Trinajstić information content (AvgIpc) is 3.20. The zero-order valence-corrected chi connectivity index (χ0v) is 17.6. The smallest absolute Gasteiger partial charge is 0.328 e. The van der Waals surface area contributed by atoms with Crippen LogP contribution in [0.1, 0.15) is 43.3 Å². The number of carbonyl (C=O) groups excluding carboxylic acids is 2. The molecule has 9 heteroatoms. The Labute approximate surface area is 174 Å². The van der Waals surface area contributed by atoms with E-state index in [0.717, 1.165) is 5.69 Å². The summed E-state index contributed by atoms with van der Waals surface area (Å²) in [6.45, 7) is 4.25. The van der Waals surface area contributed by atoms with Gasteiger partial charge in [-0.15, -0.1) is 0 Å². The quantitative estimate of drug-likeness (QED) is 0.704. The molecular weight excluding hydrogens is 391 g/mol. The van der Waals surface area contributed by atoms with Crippen molar-refractivity contribution in [3.05, 3.63) is 47.3 Å². The van der Waals surface area contributed by atoms with E-state index >= 15 is 0 Å². The number of benzene rings is 1. The highest BCUT2D eigenvalue weighted by Gasteiger charge is 2.37. The lowest BCUT2D eigenvalue weighted by atomic mass is 9.95. The molecule has 2 atom stereocenters. The van der Waals surface area contributed by atoms with Gasteiger partial charge in [0.15, 0.2) is 0 Å². The van der Waals surface area contributed by atoms with Gasteiger partial charge < -0.3 is 24.7 Å². The number of rotatable bonds is 6. The van der Waals surface area contributed by atoms with Gasteiger partial charge in [-0.3, -0.25) is 0 Å². The molecule has 1 aliphatic rings. The lowest BCUT2D eigenvalue weighted by molar-refractivity contribution is -0.143. The summed E-state index contributed by atoms with van der Waals surface area (Å²) in [6.07, 6.45) is 2.52. The number of H-pyrrole nitrogens is 1. The molecular formula is C21H27FN4O4. The summed E-state index contributed by atoms with van der Waals surface area (Å²) in [7, 11) is 2.75. The number of methoxy groups -OCH3 is 2. The minimum Gasteiger partial charge on any atom is -0.497 e. The summed E-state index contributed by atoms with van der Waals surface area (Å²) in [5.74, 6) is -0.460. The van der Waals surface area contributed by atoms with Crippen LogP contribution in [0.15, 0.2) is 24.5 Å². The molecule has 0 saturated carbocycles. The van der Waals surface area contributed by atoms with Gasteiger partial charge in [-0.25, -0.2) is 19.0 Å². The third kappa shape index (κ3) is 4.39. The van der Waals surface area contributed by atoms with Crippen LogP contribution < -0.4 is 10.1 Å². The number of amides is 2. The number of halogens is 1. The van der Waals surface area contributed by atoms with Crippen molar-refractivity contribution in [2.24, 2.45) is 5.92 Å². The zero-order chi connectivity index (χ0) is 21.8. The number of nitrogens with one attached hydrogen (secondary N) is 2. The fraction of sp³-hybridized carbons (Fsp3) is 0.476. The molecule has 0 aliphatic carbocycles. The summed E-state index contributed by atoms with van der Waals surface area (Å²) < 4.78 is 24.9. The molecule has 0 radical (unpaired) electrons. The van der Waals surface area contributed by atoms with Crippen molar-refractivity contribution in [2.75, 3.05) is 20.8 Å². The van der Waals surface area contributed by atoms with E-state index in [0.29, 0.717) is 36.4 Å². The largest absolute Gasteiger partial charge is 0.497 e. The van der Waals surface area contributed by atoms with Gasteiger partial charge in [-0.05, 0) is 24.5 Å². The molecule has 30 heavy (non-hydrogen) atoms. The maximum Gasteiger partial charge on any atom is 0.328 e. The number of carbonyl (C=O) groups is 2. The van der Waals surface area contributed by atoms with Gasteiger partial charge in [0, 0.05) is 30.3 Å². The molecule has 2 aromatic rings. The second-order valence-electron chi connectivity index (χ2n) is 7.65. The molecule has 3 rings (SSSR count). The summed E-state index contributed by atoms with van der Waals surface area (Å²) in [5.41, 5.74) is 1.74. The molecule has 0 saturated heterocycles. The number of urea groups is 1. The lowest BCUT2D eigenvalue weighted by Gasteiger charge is -2.36. The highest BCUT2D eigenvalue weighted by atomic mass is 19.1. The van der Waals surface area contributed by atoms with E-state index in [1.807, 2.05) is 13.8 Å². The Hall–Kier alpha value is -3.10. The highest BCUT2D eigenvalue weighted by Crippen LogP contribution is 2.35. The first-order valence-electron chi connectivity index (χ1n) is 9.86. The Morgan fingerprint density at radius 1 is 1.37 bits per heavy atom. The van der Waals surface area contributed by atoms with Crippen molar-refractivity contribution in [1.82, 2.24) is 20.2 Å². The van der Waals surface area contributed by atoms with Gasteiger partial charge in [0.1, 0.15) is 23.7 Å². The minimum absolute atomic E-state index is 0.170. The van der Waals surface area contributed by atoms with E-state index in [1.165, 1.54) is 31.5 Å². The number of hydrogen-bond donors (Lipinski definition) is 2. The Morgan fingerprint density at radius 3 is 2.77 bits per heavy atom. The van der Waals surface area contributed by atoms with Gasteiger partial charge >= 0.3 is 12.0 Å². The van der Waals surface area contributed by atoms with E-state index in [2.05, 4.69) is 15.3 Å². The van der Waals surface area contributed by atoms with Crippen molar-refractivity contribution in [3.8, 4) is 5.75 Å². The van der Waals surface area contributed by atoms with Gasteiger partial charge in [0.05, 0.1) is 26.2 Å². The first kappa shape index (κ1) is 21.6. The van der Waals surface area contributed by atoms with E-state index in [1.54, 1.807) is 12.1 Å². The SMILES string of the molecule is COC(=O)[C@H](CC(C)C)NC(=O)N1CCc2[nH]cnc2[C@@H]1c1ccc(OC)cc1F. The number of nitrogens with zero attached hydrogens (tertiary/aromatic N) is 2. The standard InChI is InChI=1S/C21H27FN4O4/c1-12(2)9-17(20(27)30-4)25-21(28)26-8-7-16-18(24-11-23-16)19(26)14-6-5-13(29-3)10-15(14)22/h5-6,10-12,17,19H,7-9H2,1-4H3,(H,23,24)(H,25,28)/t17-,19-/m0/s1. The van der Waals surface area contributed by atoms with Crippen LogP contribution in [0.2, 0.25) is 0 Å². The average molecular weight is 418 g/mol. The van der Waals surface area contributed by atoms with Crippen LogP contribution in [0.5, 0.6) is 5.75 Å². The monoisotopic (exact) mass is 418 g/mol. The summed E-state index contributed by atoms with van der Waals surface area (Å²) in [4.78, 5) is 34.2. The number of aromatic amines is 1. The zero-order valence-electron chi connectivity index (χ0n) is 17.6. The van der Waals surface area contributed by atoms with Crippen molar-refractivity contribution in [1.29, 1.82) is 0 Å². The van der Waals surface area contributed by atoms with Gasteiger partial charge in [-0.2, -0.15) is 0 Å². The summed E-state index contributed by atoms with van der Waals surface area (Å²) in [5, 5.41) is 2.76. The molecule has 8 nitrogen and oxygen atoms in total. The van der Waals surface area contributed by atoms with Gasteiger partial charge in [0.25, 0.3) is 0 Å². The summed E-state index contributed by atoms with van der Waals surface area (Å²) in [6, 6.07) is 2.52. The molecule has 2 heterocycles. The van der Waals surface area contributed by atoms with Crippen molar-refractivity contribution in [3.63, 3.8) is 0 Å². The van der Waals surface area contributed by atoms with Crippen molar-refractivity contribution < 1.29 is 23.5 Å². The molecule has 2 N–H and O–H groups in total. The van der Waals surface area contributed by atoms with E-state index in [-0.39, 0.29) is 5.92 Å². The molecule has 0 fully saturated rings. The van der Waals surface area contributed by atoms with E-state index in [4.69, 9.17) is 9.47 Å². The number of hydrogen-bond acceptors (Lipinski definition) is 5. The predicted molar refractivity (Wildman–Crippen MR) is 108 cm³/mol. The van der Waals surface area contributed by atoms with Crippen LogP contribution in [0.3, 0.4) is 0 Å². The third-order valence-electron chi connectivity index (χ3n) is 5.18. The molecule has 0 unspecified atom stereocenters. The highest BCUT2D eigenvalue weighted by molar-refractivity contribution is 5.84. The van der Waals surface area contributed by atoms with Gasteiger partial charge in [0.2, 0.25) is 0 Å². The van der Waals surface area contributed by atoms with Crippen LogP contribution >= 0.6 is 0 Å². The molecule has 0 spiro atoms. The van der Waals surface area contributed by atoms with Crippen LogP contribution in [0.25, 0.3) is 0 Å². The number of ether oxygens (including phenoxy) is 2. The molecule has 162 valence electrons. The lowest BCUT2D eigenvalue weighted by Crippen LogP contribution is -2.51.